The normalized spacial score (nSPS) is 18.6. The van der Waals surface area contributed by atoms with Gasteiger partial charge in [0.2, 0.25) is 0 Å². The molecule has 3 aromatic rings. The SMILES string of the molecule is CN(c1cnc(CNC(=O)c2ccc3c(c2)[nH]c(=O)n3C)cn1)C1CC(C(F)(F)F)C1. The number of carbonyl (C=O) groups is 1. The Morgan fingerprint density at radius 1 is 1.29 bits per heavy atom. The highest BCUT2D eigenvalue weighted by atomic mass is 19.4. The van der Waals surface area contributed by atoms with Crippen LogP contribution in [-0.2, 0) is 13.6 Å². The first-order valence-corrected chi connectivity index (χ1v) is 9.71. The quantitative estimate of drug-likeness (QED) is 0.643. The number of carbonyl (C=O) groups excluding carboxylic acids is 1. The highest BCUT2D eigenvalue weighted by molar-refractivity contribution is 5.97. The number of nitrogens with one attached hydrogen (secondary N) is 2. The number of rotatable bonds is 5. The molecule has 0 bridgehead atoms. The molecular weight excluding hydrogens is 413 g/mol. The molecule has 1 aromatic carbocycles. The van der Waals surface area contributed by atoms with Crippen molar-refractivity contribution in [3.8, 4) is 0 Å². The van der Waals surface area contributed by atoms with E-state index >= 15 is 0 Å². The van der Waals surface area contributed by atoms with E-state index in [0.717, 1.165) is 0 Å². The molecular formula is C20H21F3N6O2. The average molecular weight is 434 g/mol. The predicted octanol–water partition coefficient (Wildman–Crippen LogP) is 2.36. The molecule has 1 aliphatic carbocycles. The van der Waals surface area contributed by atoms with Crippen LogP contribution >= 0.6 is 0 Å². The van der Waals surface area contributed by atoms with Gasteiger partial charge < -0.3 is 15.2 Å². The predicted molar refractivity (Wildman–Crippen MR) is 108 cm³/mol. The third-order valence-corrected chi connectivity index (χ3v) is 5.77. The largest absolute Gasteiger partial charge is 0.391 e. The van der Waals surface area contributed by atoms with Gasteiger partial charge in [-0.1, -0.05) is 0 Å². The lowest BCUT2D eigenvalue weighted by Crippen LogP contribution is -2.48. The number of hydrogen-bond acceptors (Lipinski definition) is 5. The van der Waals surface area contributed by atoms with Gasteiger partial charge in [-0.05, 0) is 31.0 Å². The van der Waals surface area contributed by atoms with E-state index in [1.165, 1.54) is 17.0 Å². The van der Waals surface area contributed by atoms with Gasteiger partial charge >= 0.3 is 11.9 Å². The van der Waals surface area contributed by atoms with Crippen LogP contribution in [0.2, 0.25) is 0 Å². The molecule has 0 unspecified atom stereocenters. The third kappa shape index (κ3) is 4.12. The molecule has 164 valence electrons. The van der Waals surface area contributed by atoms with Gasteiger partial charge in [-0.2, -0.15) is 13.2 Å². The highest BCUT2D eigenvalue weighted by Crippen LogP contribution is 2.43. The number of aromatic nitrogens is 4. The summed E-state index contributed by atoms with van der Waals surface area (Å²) in [6.07, 6.45) is -1.06. The molecule has 0 aliphatic heterocycles. The van der Waals surface area contributed by atoms with Crippen LogP contribution in [0, 0.1) is 5.92 Å². The number of aromatic amines is 1. The lowest BCUT2D eigenvalue weighted by atomic mass is 9.79. The Labute approximate surface area is 175 Å². The summed E-state index contributed by atoms with van der Waals surface area (Å²) in [6.45, 7) is 0.138. The number of aryl methyl sites for hydroxylation is 1. The summed E-state index contributed by atoms with van der Waals surface area (Å²) in [5.74, 6) is -1.10. The van der Waals surface area contributed by atoms with Crippen molar-refractivity contribution in [3.05, 3.63) is 52.3 Å². The van der Waals surface area contributed by atoms with E-state index in [2.05, 4.69) is 20.3 Å². The molecule has 2 N–H and O–H groups in total. The van der Waals surface area contributed by atoms with Gasteiger partial charge in [-0.3, -0.25) is 14.3 Å². The van der Waals surface area contributed by atoms with Crippen LogP contribution in [0.4, 0.5) is 19.0 Å². The van der Waals surface area contributed by atoms with Crippen molar-refractivity contribution in [1.82, 2.24) is 24.8 Å². The van der Waals surface area contributed by atoms with Crippen LogP contribution in [0.25, 0.3) is 11.0 Å². The van der Waals surface area contributed by atoms with E-state index in [4.69, 9.17) is 0 Å². The fraction of sp³-hybridized carbons (Fsp3) is 0.400. The molecule has 1 aliphatic rings. The Bertz CT molecular complexity index is 1160. The monoisotopic (exact) mass is 434 g/mol. The Morgan fingerprint density at radius 3 is 2.68 bits per heavy atom. The van der Waals surface area contributed by atoms with E-state index in [0.29, 0.717) is 28.1 Å². The van der Waals surface area contributed by atoms with Crippen molar-refractivity contribution in [1.29, 1.82) is 0 Å². The second-order valence-electron chi connectivity index (χ2n) is 7.74. The molecule has 11 heteroatoms. The first-order chi connectivity index (χ1) is 14.6. The third-order valence-electron chi connectivity index (χ3n) is 5.77. The number of alkyl halides is 3. The molecule has 0 saturated heterocycles. The van der Waals surface area contributed by atoms with E-state index in [-0.39, 0.29) is 37.0 Å². The first-order valence-electron chi connectivity index (χ1n) is 9.71. The summed E-state index contributed by atoms with van der Waals surface area (Å²) in [5.41, 5.74) is 1.91. The zero-order valence-electron chi connectivity index (χ0n) is 16.9. The maximum absolute atomic E-state index is 12.7. The fourth-order valence-corrected chi connectivity index (χ4v) is 3.63. The van der Waals surface area contributed by atoms with E-state index in [1.54, 1.807) is 37.2 Å². The van der Waals surface area contributed by atoms with Gasteiger partial charge in [0.1, 0.15) is 5.82 Å². The number of halogens is 3. The second-order valence-corrected chi connectivity index (χ2v) is 7.74. The molecule has 1 saturated carbocycles. The maximum Gasteiger partial charge on any atom is 0.391 e. The van der Waals surface area contributed by atoms with Crippen LogP contribution in [0.3, 0.4) is 0 Å². The van der Waals surface area contributed by atoms with E-state index in [1.807, 2.05) is 0 Å². The summed E-state index contributed by atoms with van der Waals surface area (Å²) in [4.78, 5) is 37.0. The second kappa shape index (κ2) is 7.71. The molecule has 2 aromatic heterocycles. The molecule has 1 amide bonds. The molecule has 31 heavy (non-hydrogen) atoms. The molecule has 0 atom stereocenters. The van der Waals surface area contributed by atoms with Gasteiger partial charge in [0, 0.05) is 25.7 Å². The lowest BCUT2D eigenvalue weighted by molar-refractivity contribution is -0.196. The van der Waals surface area contributed by atoms with Gasteiger partial charge in [0.15, 0.2) is 0 Å². The van der Waals surface area contributed by atoms with Gasteiger partial charge in [-0.15, -0.1) is 0 Å². The first kappa shape index (κ1) is 20.9. The van der Waals surface area contributed by atoms with Gasteiger partial charge in [0.05, 0.1) is 41.6 Å². The zero-order chi connectivity index (χ0) is 22.3. The summed E-state index contributed by atoms with van der Waals surface area (Å²) >= 11 is 0. The number of imidazole rings is 1. The van der Waals surface area contributed by atoms with Crippen molar-refractivity contribution < 1.29 is 18.0 Å². The molecule has 1 fully saturated rings. The van der Waals surface area contributed by atoms with Crippen LogP contribution in [0.1, 0.15) is 28.9 Å². The summed E-state index contributed by atoms with van der Waals surface area (Å²) < 4.78 is 39.4. The standard InChI is InChI=1S/C20H21F3N6O2/c1-28(14-6-12(7-14)20(21,22)23)17-10-24-13(8-25-17)9-26-18(30)11-3-4-16-15(5-11)27-19(31)29(16)2/h3-5,8,10,12,14H,6-7,9H2,1-2H3,(H,26,30)(H,27,31). The van der Waals surface area contributed by atoms with Crippen molar-refractivity contribution >= 4 is 22.8 Å². The van der Waals surface area contributed by atoms with Crippen molar-refractivity contribution in [2.45, 2.75) is 31.6 Å². The number of benzene rings is 1. The van der Waals surface area contributed by atoms with Crippen LogP contribution in [0.15, 0.2) is 35.4 Å². The minimum absolute atomic E-state index is 0.0521. The number of amides is 1. The lowest BCUT2D eigenvalue weighted by Gasteiger charge is -2.42. The molecule has 8 nitrogen and oxygen atoms in total. The summed E-state index contributed by atoms with van der Waals surface area (Å²) in [7, 11) is 3.34. The Hall–Kier alpha value is -3.37. The topological polar surface area (TPSA) is 95.9 Å². The van der Waals surface area contributed by atoms with Crippen LogP contribution in [0.5, 0.6) is 0 Å². The van der Waals surface area contributed by atoms with Crippen LogP contribution in [-0.4, -0.2) is 44.7 Å². The Morgan fingerprint density at radius 2 is 2.03 bits per heavy atom. The maximum atomic E-state index is 12.7. The average Bonchev–Trinajstić information content (AvgIpc) is 2.97. The minimum atomic E-state index is -4.15. The minimum Gasteiger partial charge on any atom is -0.355 e. The van der Waals surface area contributed by atoms with Crippen molar-refractivity contribution in [2.24, 2.45) is 13.0 Å². The summed E-state index contributed by atoms with van der Waals surface area (Å²) in [6, 6.07) is 4.70. The number of nitrogens with zero attached hydrogens (tertiary/aromatic N) is 4. The molecule has 0 spiro atoms. The Kier molecular flexibility index (Phi) is 5.19. The van der Waals surface area contributed by atoms with Crippen molar-refractivity contribution in [2.75, 3.05) is 11.9 Å². The number of hydrogen-bond donors (Lipinski definition) is 2. The number of H-pyrrole nitrogens is 1. The molecule has 2 heterocycles. The molecule has 4 rings (SSSR count). The smallest absolute Gasteiger partial charge is 0.355 e. The zero-order valence-corrected chi connectivity index (χ0v) is 16.9. The van der Waals surface area contributed by atoms with Gasteiger partial charge in [0.25, 0.3) is 5.91 Å². The van der Waals surface area contributed by atoms with Crippen LogP contribution < -0.4 is 15.9 Å². The van der Waals surface area contributed by atoms with Crippen molar-refractivity contribution in [3.63, 3.8) is 0 Å². The number of anilines is 1. The van der Waals surface area contributed by atoms with Gasteiger partial charge in [-0.25, -0.2) is 9.78 Å². The fourth-order valence-electron chi connectivity index (χ4n) is 3.63. The van der Waals surface area contributed by atoms with E-state index < -0.39 is 12.1 Å². The Balaban J connectivity index is 1.34. The highest BCUT2D eigenvalue weighted by Gasteiger charge is 2.49. The number of fused-ring (bicyclic) bond motifs is 1. The van der Waals surface area contributed by atoms with E-state index in [9.17, 15) is 22.8 Å². The summed E-state index contributed by atoms with van der Waals surface area (Å²) in [5, 5.41) is 2.74. The molecule has 0 radical (unpaired) electrons.